The van der Waals surface area contributed by atoms with E-state index in [9.17, 15) is 14.4 Å². The van der Waals surface area contributed by atoms with Gasteiger partial charge in [-0.05, 0) is 30.2 Å². The molecule has 1 fully saturated rings. The van der Waals surface area contributed by atoms with E-state index in [1.165, 1.54) is 6.92 Å². The van der Waals surface area contributed by atoms with Gasteiger partial charge in [0.15, 0.2) is 6.10 Å². The van der Waals surface area contributed by atoms with E-state index < -0.39 is 17.3 Å². The zero-order valence-electron chi connectivity index (χ0n) is 15.0. The topological polar surface area (TPSA) is 81.7 Å². The van der Waals surface area contributed by atoms with Crippen molar-refractivity contribution in [2.45, 2.75) is 24.7 Å². The van der Waals surface area contributed by atoms with E-state index in [1.54, 1.807) is 30.3 Å². The van der Waals surface area contributed by atoms with Crippen LogP contribution in [0.3, 0.4) is 0 Å². The van der Waals surface area contributed by atoms with E-state index in [1.807, 2.05) is 18.2 Å². The van der Waals surface area contributed by atoms with Crippen LogP contribution < -0.4 is 10.1 Å². The Morgan fingerprint density at radius 2 is 1.89 bits per heavy atom. The molecule has 2 aromatic carbocycles. The molecule has 2 amide bonds. The Labute approximate surface area is 171 Å². The van der Waals surface area contributed by atoms with Crippen LogP contribution >= 0.6 is 23.4 Å². The van der Waals surface area contributed by atoms with Gasteiger partial charge in [-0.3, -0.25) is 19.7 Å². The number of benzene rings is 2. The van der Waals surface area contributed by atoms with Crippen molar-refractivity contribution in [2.24, 2.45) is 0 Å². The minimum atomic E-state index is -0.629. The Morgan fingerprint density at radius 1 is 1.18 bits per heavy atom. The molecule has 1 N–H and O–H groups in total. The fraction of sp³-hybridized carbons (Fsp3) is 0.250. The van der Waals surface area contributed by atoms with Crippen LogP contribution in [0.15, 0.2) is 48.5 Å². The second-order valence-electron chi connectivity index (χ2n) is 6.16. The SMILES string of the molecule is CC(=O)O[C@@H](COc1ccc(CC2SC(=O)NC2=O)cc1)c1ccccc1Cl. The maximum Gasteiger partial charge on any atom is 0.303 e. The third-order valence-electron chi connectivity index (χ3n) is 4.07. The molecule has 0 spiro atoms. The van der Waals surface area contributed by atoms with E-state index in [0.29, 0.717) is 22.8 Å². The van der Waals surface area contributed by atoms with Gasteiger partial charge in [0.1, 0.15) is 12.4 Å². The minimum Gasteiger partial charge on any atom is -0.489 e. The number of esters is 1. The Morgan fingerprint density at radius 3 is 2.50 bits per heavy atom. The number of ether oxygens (including phenoxy) is 2. The number of hydrogen-bond acceptors (Lipinski definition) is 6. The third-order valence-corrected chi connectivity index (χ3v) is 5.40. The molecule has 0 radical (unpaired) electrons. The maximum absolute atomic E-state index is 11.7. The number of imide groups is 1. The molecular formula is C20H18ClNO5S. The van der Waals surface area contributed by atoms with Crippen LogP contribution in [0.2, 0.25) is 5.02 Å². The molecule has 1 unspecified atom stereocenters. The van der Waals surface area contributed by atoms with Crippen LogP contribution in [0.5, 0.6) is 5.75 Å². The first-order chi connectivity index (χ1) is 13.4. The van der Waals surface area contributed by atoms with Crippen LogP contribution in [0, 0.1) is 0 Å². The van der Waals surface area contributed by atoms with Crippen molar-refractivity contribution in [3.05, 3.63) is 64.7 Å². The summed E-state index contributed by atoms with van der Waals surface area (Å²) in [6.45, 7) is 1.44. The number of carbonyl (C=O) groups excluding carboxylic acids is 3. The molecule has 1 aliphatic rings. The molecule has 2 aromatic rings. The highest BCUT2D eigenvalue weighted by molar-refractivity contribution is 8.15. The Kier molecular flexibility index (Phi) is 6.59. The summed E-state index contributed by atoms with van der Waals surface area (Å²) in [6.07, 6.45) is -0.173. The zero-order valence-corrected chi connectivity index (χ0v) is 16.6. The summed E-state index contributed by atoms with van der Waals surface area (Å²) in [5.41, 5.74) is 1.59. The van der Waals surface area contributed by atoms with Gasteiger partial charge in [0.05, 0.1) is 5.25 Å². The van der Waals surface area contributed by atoms with Gasteiger partial charge in [-0.1, -0.05) is 53.7 Å². The third kappa shape index (κ3) is 5.27. The van der Waals surface area contributed by atoms with Gasteiger partial charge in [-0.2, -0.15) is 0 Å². The summed E-state index contributed by atoms with van der Waals surface area (Å²) < 4.78 is 11.1. The Hall–Kier alpha value is -2.51. The highest BCUT2D eigenvalue weighted by atomic mass is 35.5. The number of rotatable bonds is 7. The number of thioether (sulfide) groups is 1. The maximum atomic E-state index is 11.7. The van der Waals surface area contributed by atoms with Crippen LogP contribution in [0.4, 0.5) is 4.79 Å². The van der Waals surface area contributed by atoms with Gasteiger partial charge >= 0.3 is 5.97 Å². The van der Waals surface area contributed by atoms with Crippen molar-refractivity contribution < 1.29 is 23.9 Å². The van der Waals surface area contributed by atoms with Crippen molar-refractivity contribution in [1.29, 1.82) is 0 Å². The molecule has 28 heavy (non-hydrogen) atoms. The highest BCUT2D eigenvalue weighted by Crippen LogP contribution is 2.27. The van der Waals surface area contributed by atoms with Crippen LogP contribution in [0.1, 0.15) is 24.2 Å². The molecule has 1 aliphatic heterocycles. The standard InChI is InChI=1S/C20H18ClNO5S/c1-12(23)27-17(15-4-2-3-5-16(15)21)11-26-14-8-6-13(7-9-14)10-18-19(24)22-20(25)28-18/h2-9,17-18H,10-11H2,1H3,(H,22,24,25)/t17-,18?/m0/s1. The zero-order chi connectivity index (χ0) is 20.1. The summed E-state index contributed by atoms with van der Waals surface area (Å²) in [7, 11) is 0. The molecule has 0 saturated carbocycles. The van der Waals surface area contributed by atoms with Crippen LogP contribution in [-0.2, 0) is 20.7 Å². The first kappa shape index (κ1) is 20.2. The van der Waals surface area contributed by atoms with Crippen molar-refractivity contribution in [3.8, 4) is 5.75 Å². The lowest BCUT2D eigenvalue weighted by atomic mass is 10.1. The molecule has 2 atom stereocenters. The average molecular weight is 420 g/mol. The van der Waals surface area contributed by atoms with Crippen molar-refractivity contribution in [2.75, 3.05) is 6.61 Å². The van der Waals surface area contributed by atoms with Gasteiger partial charge in [0.25, 0.3) is 5.24 Å². The molecule has 146 valence electrons. The molecule has 3 rings (SSSR count). The number of nitrogens with one attached hydrogen (secondary N) is 1. The minimum absolute atomic E-state index is 0.109. The first-order valence-electron chi connectivity index (χ1n) is 8.57. The van der Waals surface area contributed by atoms with E-state index in [0.717, 1.165) is 17.3 Å². The second-order valence-corrected chi connectivity index (χ2v) is 7.74. The van der Waals surface area contributed by atoms with E-state index in [-0.39, 0.29) is 17.8 Å². The Bertz CT molecular complexity index is 886. The van der Waals surface area contributed by atoms with Crippen molar-refractivity contribution in [1.82, 2.24) is 5.32 Å². The van der Waals surface area contributed by atoms with Gasteiger partial charge in [0, 0.05) is 17.5 Å². The average Bonchev–Trinajstić information content (AvgIpc) is 2.97. The molecule has 8 heteroatoms. The summed E-state index contributed by atoms with van der Waals surface area (Å²) in [6, 6.07) is 14.3. The molecule has 1 saturated heterocycles. The number of amides is 2. The van der Waals surface area contributed by atoms with Gasteiger partial charge in [-0.25, -0.2) is 0 Å². The number of halogens is 1. The van der Waals surface area contributed by atoms with E-state index in [2.05, 4.69) is 5.32 Å². The molecular weight excluding hydrogens is 402 g/mol. The van der Waals surface area contributed by atoms with Gasteiger partial charge < -0.3 is 9.47 Å². The molecule has 0 bridgehead atoms. The highest BCUT2D eigenvalue weighted by Gasteiger charge is 2.31. The quantitative estimate of drug-likeness (QED) is 0.685. The number of carbonyl (C=O) groups is 3. The van der Waals surface area contributed by atoms with Crippen LogP contribution in [0.25, 0.3) is 0 Å². The lowest BCUT2D eigenvalue weighted by Gasteiger charge is -2.19. The molecule has 1 heterocycles. The first-order valence-corrected chi connectivity index (χ1v) is 9.83. The van der Waals surface area contributed by atoms with Gasteiger partial charge in [0.2, 0.25) is 5.91 Å². The number of hydrogen-bond donors (Lipinski definition) is 1. The smallest absolute Gasteiger partial charge is 0.303 e. The fourth-order valence-corrected chi connectivity index (χ4v) is 3.88. The summed E-state index contributed by atoms with van der Waals surface area (Å²) >= 11 is 7.20. The summed E-state index contributed by atoms with van der Waals surface area (Å²) in [5, 5.41) is 2.05. The lowest BCUT2D eigenvalue weighted by molar-refractivity contribution is -0.148. The van der Waals surface area contributed by atoms with Crippen LogP contribution in [-0.4, -0.2) is 29.0 Å². The second kappa shape index (κ2) is 9.12. The molecule has 6 nitrogen and oxygen atoms in total. The molecule has 0 aliphatic carbocycles. The largest absolute Gasteiger partial charge is 0.489 e. The summed E-state index contributed by atoms with van der Waals surface area (Å²) in [5.74, 6) is -0.0994. The normalized spacial score (nSPS) is 17.1. The Balaban J connectivity index is 1.62. The predicted molar refractivity (Wildman–Crippen MR) is 107 cm³/mol. The van der Waals surface area contributed by atoms with E-state index >= 15 is 0 Å². The van der Waals surface area contributed by atoms with Gasteiger partial charge in [-0.15, -0.1) is 0 Å². The predicted octanol–water partition coefficient (Wildman–Crippen LogP) is 3.92. The lowest BCUT2D eigenvalue weighted by Crippen LogP contribution is -2.25. The summed E-state index contributed by atoms with van der Waals surface area (Å²) in [4.78, 5) is 34.3. The van der Waals surface area contributed by atoms with E-state index in [4.69, 9.17) is 21.1 Å². The molecule has 0 aromatic heterocycles. The fourth-order valence-electron chi connectivity index (χ4n) is 2.76. The van der Waals surface area contributed by atoms with Crippen molar-refractivity contribution in [3.63, 3.8) is 0 Å². The monoisotopic (exact) mass is 419 g/mol. The van der Waals surface area contributed by atoms with Crippen molar-refractivity contribution >= 4 is 40.5 Å².